The highest BCUT2D eigenvalue weighted by atomic mass is 19.1. The average Bonchev–Trinajstić information content (AvgIpc) is 2.59. The summed E-state index contributed by atoms with van der Waals surface area (Å²) in [6, 6.07) is 12.3. The Kier molecular flexibility index (Phi) is 5.79. The van der Waals surface area contributed by atoms with Gasteiger partial charge in [-0.2, -0.15) is 4.90 Å². The summed E-state index contributed by atoms with van der Waals surface area (Å²) >= 11 is 0. The molecule has 0 aliphatic rings. The lowest BCUT2D eigenvalue weighted by atomic mass is 10.2. The molecular weight excluding hydrogens is 306 g/mol. The molecule has 24 heavy (non-hydrogen) atoms. The van der Waals surface area contributed by atoms with E-state index in [9.17, 15) is 8.78 Å². The molecule has 0 amide bonds. The first-order valence-electron chi connectivity index (χ1n) is 7.38. The number of nitrogens with zero attached hydrogens (tertiary/aromatic N) is 2. The van der Waals surface area contributed by atoms with Crippen molar-refractivity contribution >= 4 is 17.7 Å². The van der Waals surface area contributed by atoms with Gasteiger partial charge in [-0.15, -0.1) is 0 Å². The molecule has 0 aliphatic heterocycles. The molecule has 0 saturated carbocycles. The molecule has 0 atom stereocenters. The van der Waals surface area contributed by atoms with Crippen LogP contribution in [0.2, 0.25) is 0 Å². The Balaban J connectivity index is 2.48. The van der Waals surface area contributed by atoms with Gasteiger partial charge in [0.1, 0.15) is 28.7 Å². The van der Waals surface area contributed by atoms with Crippen LogP contribution in [0.15, 0.2) is 85.6 Å². The minimum absolute atomic E-state index is 0.291. The van der Waals surface area contributed by atoms with Crippen LogP contribution in [0.4, 0.5) is 20.2 Å². The minimum Gasteiger partial charge on any atom is -0.236 e. The summed E-state index contributed by atoms with van der Waals surface area (Å²) in [6.45, 7) is 7.52. The van der Waals surface area contributed by atoms with Crippen LogP contribution in [-0.2, 0) is 0 Å². The third-order valence-electron chi connectivity index (χ3n) is 3.40. The SMILES string of the molecule is C=C/C=C(\C=C)N(C=[N+](C)c1ccc(F)cc1)c1ccc(F)cc1. The first-order valence-corrected chi connectivity index (χ1v) is 7.38. The van der Waals surface area contributed by atoms with E-state index in [1.807, 2.05) is 22.9 Å². The maximum absolute atomic E-state index is 13.2. The summed E-state index contributed by atoms with van der Waals surface area (Å²) in [5, 5.41) is 0. The van der Waals surface area contributed by atoms with E-state index in [0.29, 0.717) is 0 Å². The van der Waals surface area contributed by atoms with Gasteiger partial charge in [-0.05, 0) is 60.7 Å². The minimum atomic E-state index is -0.307. The number of hydrogen-bond donors (Lipinski definition) is 0. The largest absolute Gasteiger partial charge is 0.249 e. The lowest BCUT2D eigenvalue weighted by Gasteiger charge is -2.15. The first-order chi connectivity index (χ1) is 11.5. The lowest BCUT2D eigenvalue weighted by Crippen LogP contribution is -2.24. The maximum atomic E-state index is 13.2. The lowest BCUT2D eigenvalue weighted by molar-refractivity contribution is -0.400. The van der Waals surface area contributed by atoms with E-state index in [0.717, 1.165) is 17.1 Å². The number of anilines is 1. The Hall–Kier alpha value is -3.01. The van der Waals surface area contributed by atoms with Gasteiger partial charge in [-0.1, -0.05) is 19.2 Å². The quantitative estimate of drug-likeness (QED) is 0.312. The third kappa shape index (κ3) is 4.26. The Morgan fingerprint density at radius 3 is 2.00 bits per heavy atom. The van der Waals surface area contributed by atoms with Crippen molar-refractivity contribution in [3.63, 3.8) is 0 Å². The van der Waals surface area contributed by atoms with Crippen LogP contribution in [-0.4, -0.2) is 18.0 Å². The molecule has 2 rings (SSSR count). The molecule has 0 aliphatic carbocycles. The summed E-state index contributed by atoms with van der Waals surface area (Å²) in [6.07, 6.45) is 6.95. The van der Waals surface area contributed by atoms with Gasteiger partial charge in [0.15, 0.2) is 0 Å². The highest BCUT2D eigenvalue weighted by Crippen LogP contribution is 2.20. The Labute approximate surface area is 141 Å². The summed E-state index contributed by atoms with van der Waals surface area (Å²) in [5.41, 5.74) is 2.34. The summed E-state index contributed by atoms with van der Waals surface area (Å²) in [4.78, 5) is 1.84. The smallest absolute Gasteiger partial charge is 0.236 e. The van der Waals surface area contributed by atoms with Crippen LogP contribution < -0.4 is 4.90 Å². The predicted octanol–water partition coefficient (Wildman–Crippen LogP) is 5.03. The van der Waals surface area contributed by atoms with Gasteiger partial charge in [-0.25, -0.2) is 13.4 Å². The molecule has 0 spiro atoms. The summed E-state index contributed by atoms with van der Waals surface area (Å²) in [5.74, 6) is -0.598. The fourth-order valence-electron chi connectivity index (χ4n) is 2.17. The molecule has 0 radical (unpaired) electrons. The fraction of sp³-hybridized carbons (Fsp3) is 0.0500. The zero-order valence-electron chi connectivity index (χ0n) is 13.5. The second-order valence-corrected chi connectivity index (χ2v) is 5.08. The van der Waals surface area contributed by atoms with E-state index in [-0.39, 0.29) is 11.6 Å². The topological polar surface area (TPSA) is 6.25 Å². The summed E-state index contributed by atoms with van der Waals surface area (Å²) in [7, 11) is 1.85. The van der Waals surface area contributed by atoms with Crippen molar-refractivity contribution in [3.05, 3.63) is 97.2 Å². The van der Waals surface area contributed by atoms with Crippen LogP contribution in [0.3, 0.4) is 0 Å². The number of allylic oxidation sites excluding steroid dienone is 3. The van der Waals surface area contributed by atoms with Crippen molar-refractivity contribution in [1.82, 2.24) is 0 Å². The average molecular weight is 325 g/mol. The van der Waals surface area contributed by atoms with E-state index in [2.05, 4.69) is 13.2 Å². The van der Waals surface area contributed by atoms with Crippen LogP contribution in [0.1, 0.15) is 0 Å². The molecule has 0 bridgehead atoms. The molecule has 2 aromatic rings. The highest BCUT2D eigenvalue weighted by molar-refractivity contribution is 5.82. The molecule has 4 heteroatoms. The molecular formula is C20H19F2N2+. The molecule has 0 saturated heterocycles. The normalized spacial score (nSPS) is 12.0. The fourth-order valence-corrected chi connectivity index (χ4v) is 2.17. The predicted molar refractivity (Wildman–Crippen MR) is 95.7 cm³/mol. The van der Waals surface area contributed by atoms with Crippen molar-refractivity contribution < 1.29 is 13.4 Å². The molecule has 122 valence electrons. The van der Waals surface area contributed by atoms with Gasteiger partial charge in [0.05, 0.1) is 7.05 Å². The molecule has 0 heterocycles. The van der Waals surface area contributed by atoms with Gasteiger partial charge in [0, 0.05) is 0 Å². The van der Waals surface area contributed by atoms with E-state index in [1.54, 1.807) is 42.5 Å². The van der Waals surface area contributed by atoms with Gasteiger partial charge in [0.2, 0.25) is 6.34 Å². The Bertz CT molecular complexity index is 772. The van der Waals surface area contributed by atoms with Crippen molar-refractivity contribution in [3.8, 4) is 0 Å². The number of hydrogen-bond acceptors (Lipinski definition) is 0. The van der Waals surface area contributed by atoms with Crippen LogP contribution in [0.5, 0.6) is 0 Å². The zero-order valence-corrected chi connectivity index (χ0v) is 13.5. The van der Waals surface area contributed by atoms with Crippen molar-refractivity contribution in [2.75, 3.05) is 11.9 Å². The molecule has 0 N–H and O–H groups in total. The van der Waals surface area contributed by atoms with Crippen molar-refractivity contribution in [1.29, 1.82) is 0 Å². The number of halogens is 2. The summed E-state index contributed by atoms with van der Waals surface area (Å²) < 4.78 is 28.1. The number of rotatable bonds is 6. The van der Waals surface area contributed by atoms with E-state index >= 15 is 0 Å². The maximum Gasteiger partial charge on any atom is 0.249 e. The first kappa shape index (κ1) is 17.3. The third-order valence-corrected chi connectivity index (χ3v) is 3.40. The van der Waals surface area contributed by atoms with Gasteiger partial charge in [0.25, 0.3) is 0 Å². The number of benzene rings is 2. The van der Waals surface area contributed by atoms with E-state index in [1.165, 1.54) is 24.3 Å². The second kappa shape index (κ2) is 8.02. The Morgan fingerprint density at radius 1 is 0.958 bits per heavy atom. The molecule has 2 nitrogen and oxygen atoms in total. The zero-order chi connectivity index (χ0) is 17.5. The molecule has 0 aromatic heterocycles. The van der Waals surface area contributed by atoms with Gasteiger partial charge in [-0.3, -0.25) is 0 Å². The molecule has 0 fully saturated rings. The molecule has 0 unspecified atom stereocenters. The van der Waals surface area contributed by atoms with Crippen LogP contribution in [0, 0.1) is 11.6 Å². The van der Waals surface area contributed by atoms with Gasteiger partial charge >= 0.3 is 0 Å². The monoisotopic (exact) mass is 325 g/mol. The van der Waals surface area contributed by atoms with Gasteiger partial charge < -0.3 is 0 Å². The standard InChI is InChI=1S/C20H19F2N2/c1-4-6-18(5-2)24(20-13-9-17(22)10-14-20)15-23(3)19-11-7-16(21)8-12-19/h4-15H,1-2H2,3H3/q+1/b18-6+. The Morgan fingerprint density at radius 2 is 1.50 bits per heavy atom. The van der Waals surface area contributed by atoms with E-state index < -0.39 is 0 Å². The highest BCUT2D eigenvalue weighted by Gasteiger charge is 2.16. The second-order valence-electron chi connectivity index (χ2n) is 5.08. The molecule has 2 aromatic carbocycles. The van der Waals surface area contributed by atoms with Crippen molar-refractivity contribution in [2.24, 2.45) is 0 Å². The van der Waals surface area contributed by atoms with Crippen LogP contribution >= 0.6 is 0 Å². The van der Waals surface area contributed by atoms with Crippen LogP contribution in [0.25, 0.3) is 0 Å². The van der Waals surface area contributed by atoms with E-state index in [4.69, 9.17) is 0 Å². The van der Waals surface area contributed by atoms with Crippen molar-refractivity contribution in [2.45, 2.75) is 0 Å².